The van der Waals surface area contributed by atoms with Gasteiger partial charge in [0.2, 0.25) is 5.91 Å². The molecule has 2 heterocycles. The molecule has 3 amide bonds. The van der Waals surface area contributed by atoms with Crippen LogP contribution in [0.1, 0.15) is 86.7 Å². The molecule has 29 heavy (non-hydrogen) atoms. The Morgan fingerprint density at radius 3 is 2.62 bits per heavy atom. The van der Waals surface area contributed by atoms with Crippen molar-refractivity contribution in [1.29, 1.82) is 0 Å². The van der Waals surface area contributed by atoms with Crippen LogP contribution in [0.2, 0.25) is 0 Å². The zero-order chi connectivity index (χ0) is 21.0. The molecule has 1 atom stereocenters. The summed E-state index contributed by atoms with van der Waals surface area (Å²) in [5.74, 6) is -0.665. The molecule has 8 nitrogen and oxygen atoms in total. The maximum absolute atomic E-state index is 13.3. The Morgan fingerprint density at radius 1 is 1.24 bits per heavy atom. The first kappa shape index (κ1) is 21.3. The van der Waals surface area contributed by atoms with Crippen molar-refractivity contribution in [2.45, 2.75) is 83.8 Å². The van der Waals surface area contributed by atoms with E-state index in [1.54, 1.807) is 11.0 Å². The van der Waals surface area contributed by atoms with E-state index in [1.807, 2.05) is 13.8 Å². The first-order chi connectivity index (χ1) is 13.9. The number of carbonyl (C=O) groups is 3. The van der Waals surface area contributed by atoms with E-state index in [0.29, 0.717) is 18.8 Å². The van der Waals surface area contributed by atoms with Crippen molar-refractivity contribution in [2.75, 3.05) is 13.1 Å². The van der Waals surface area contributed by atoms with Crippen LogP contribution < -0.4 is 10.6 Å². The number of hydrogen-bond donors (Lipinski definition) is 2. The van der Waals surface area contributed by atoms with Crippen LogP contribution in [0.5, 0.6) is 0 Å². The van der Waals surface area contributed by atoms with Gasteiger partial charge in [0.05, 0.1) is 6.54 Å². The molecule has 1 aromatic heterocycles. The quantitative estimate of drug-likeness (QED) is 0.695. The van der Waals surface area contributed by atoms with Crippen LogP contribution in [-0.4, -0.2) is 57.1 Å². The summed E-state index contributed by atoms with van der Waals surface area (Å²) in [6.45, 7) is 7.15. The highest BCUT2D eigenvalue weighted by Gasteiger charge is 2.48. The monoisotopic (exact) mass is 403 g/mol. The number of carbonyl (C=O) groups excluding carboxylic acids is 3. The molecule has 0 aromatic carbocycles. The molecule has 1 aliphatic heterocycles. The smallest absolute Gasteiger partial charge is 0.273 e. The van der Waals surface area contributed by atoms with Crippen LogP contribution in [0.15, 0.2) is 6.07 Å². The molecule has 3 rings (SSSR count). The van der Waals surface area contributed by atoms with Gasteiger partial charge in [0.25, 0.3) is 11.8 Å². The molecule has 0 unspecified atom stereocenters. The Bertz CT molecular complexity index is 768. The fourth-order valence-electron chi connectivity index (χ4n) is 4.16. The first-order valence-electron chi connectivity index (χ1n) is 10.9. The van der Waals surface area contributed by atoms with Crippen LogP contribution in [0.4, 0.5) is 0 Å². The molecule has 0 spiro atoms. The molecule has 1 fully saturated rings. The Hall–Kier alpha value is -2.38. The number of rotatable bonds is 8. The van der Waals surface area contributed by atoms with Gasteiger partial charge in [0.15, 0.2) is 5.69 Å². The van der Waals surface area contributed by atoms with Gasteiger partial charge < -0.3 is 15.5 Å². The van der Waals surface area contributed by atoms with Gasteiger partial charge >= 0.3 is 0 Å². The number of nitrogens with zero attached hydrogens (tertiary/aromatic N) is 3. The van der Waals surface area contributed by atoms with Crippen LogP contribution in [-0.2, 0) is 11.3 Å². The SMILES string of the molecule is CCCCN1C(=O)c2cc(C(=O)NCCC)nn2C[C@]1(C)C(=O)NC1CCCC1. The van der Waals surface area contributed by atoms with E-state index in [-0.39, 0.29) is 36.0 Å². The van der Waals surface area contributed by atoms with Crippen LogP contribution in [0.25, 0.3) is 0 Å². The average molecular weight is 404 g/mol. The predicted molar refractivity (Wildman–Crippen MR) is 110 cm³/mol. The minimum atomic E-state index is -1.02. The summed E-state index contributed by atoms with van der Waals surface area (Å²) < 4.78 is 1.53. The van der Waals surface area contributed by atoms with Gasteiger partial charge in [-0.2, -0.15) is 5.10 Å². The highest BCUT2D eigenvalue weighted by Crippen LogP contribution is 2.29. The maximum atomic E-state index is 13.3. The fraction of sp³-hybridized carbons (Fsp3) is 0.714. The van der Waals surface area contributed by atoms with Crippen molar-refractivity contribution in [3.8, 4) is 0 Å². The van der Waals surface area contributed by atoms with Crippen molar-refractivity contribution in [1.82, 2.24) is 25.3 Å². The number of unbranched alkanes of at least 4 members (excludes halogenated alkanes) is 1. The lowest BCUT2D eigenvalue weighted by Gasteiger charge is -2.43. The van der Waals surface area contributed by atoms with E-state index < -0.39 is 5.54 Å². The third-order valence-corrected chi connectivity index (χ3v) is 5.98. The molecule has 1 aromatic rings. The molecular weight excluding hydrogens is 370 g/mol. The summed E-state index contributed by atoms with van der Waals surface area (Å²) in [5.41, 5.74) is -0.433. The molecule has 0 bridgehead atoms. The second-order valence-corrected chi connectivity index (χ2v) is 8.37. The zero-order valence-electron chi connectivity index (χ0n) is 17.8. The molecular formula is C21H33N5O3. The lowest BCUT2D eigenvalue weighted by atomic mass is 9.94. The highest BCUT2D eigenvalue weighted by atomic mass is 16.2. The van der Waals surface area contributed by atoms with E-state index in [4.69, 9.17) is 0 Å². The van der Waals surface area contributed by atoms with Crippen molar-refractivity contribution in [3.63, 3.8) is 0 Å². The van der Waals surface area contributed by atoms with Gasteiger partial charge in [-0.1, -0.05) is 33.1 Å². The molecule has 2 N–H and O–H groups in total. The van der Waals surface area contributed by atoms with Crippen LogP contribution in [0, 0.1) is 0 Å². The van der Waals surface area contributed by atoms with Gasteiger partial charge in [0.1, 0.15) is 11.2 Å². The first-order valence-corrected chi connectivity index (χ1v) is 10.9. The fourth-order valence-corrected chi connectivity index (χ4v) is 4.16. The third-order valence-electron chi connectivity index (χ3n) is 5.98. The van der Waals surface area contributed by atoms with Gasteiger partial charge in [0, 0.05) is 25.2 Å². The number of nitrogens with one attached hydrogen (secondary N) is 2. The third kappa shape index (κ3) is 4.31. The molecule has 8 heteroatoms. The second-order valence-electron chi connectivity index (χ2n) is 8.37. The largest absolute Gasteiger partial charge is 0.351 e. The highest BCUT2D eigenvalue weighted by molar-refractivity contribution is 6.01. The predicted octanol–water partition coefficient (Wildman–Crippen LogP) is 2.10. The average Bonchev–Trinajstić information content (AvgIpc) is 3.35. The van der Waals surface area contributed by atoms with Gasteiger partial charge in [-0.25, -0.2) is 0 Å². The van der Waals surface area contributed by atoms with E-state index in [9.17, 15) is 14.4 Å². The Balaban J connectivity index is 1.88. The van der Waals surface area contributed by atoms with E-state index >= 15 is 0 Å². The van der Waals surface area contributed by atoms with Crippen molar-refractivity contribution >= 4 is 17.7 Å². The minimum absolute atomic E-state index is 0.132. The molecule has 1 aliphatic carbocycles. The summed E-state index contributed by atoms with van der Waals surface area (Å²) in [4.78, 5) is 40.5. The molecule has 1 saturated carbocycles. The Kier molecular flexibility index (Phi) is 6.59. The summed E-state index contributed by atoms with van der Waals surface area (Å²) in [6.07, 6.45) is 6.78. The van der Waals surface area contributed by atoms with Gasteiger partial charge in [-0.3, -0.25) is 19.1 Å². The maximum Gasteiger partial charge on any atom is 0.273 e. The molecule has 0 radical (unpaired) electrons. The standard InChI is InChI=1S/C21H33N5O3/c1-4-6-12-25-19(28)17-13-16(18(27)22-11-5-2)24-26(17)14-21(25,3)20(29)23-15-9-7-8-10-15/h13,15H,4-12,14H2,1-3H3,(H,22,27)(H,23,29)/t21-/m1/s1. The van der Waals surface area contributed by atoms with E-state index in [1.165, 1.54) is 4.68 Å². The molecule has 160 valence electrons. The van der Waals surface area contributed by atoms with Crippen molar-refractivity contribution in [2.24, 2.45) is 0 Å². The lowest BCUT2D eigenvalue weighted by Crippen LogP contribution is -2.65. The van der Waals surface area contributed by atoms with Crippen molar-refractivity contribution < 1.29 is 14.4 Å². The normalized spacial score (nSPS) is 21.9. The summed E-state index contributed by atoms with van der Waals surface area (Å²) in [5, 5.41) is 10.3. The van der Waals surface area contributed by atoms with E-state index in [0.717, 1.165) is 44.9 Å². The number of fused-ring (bicyclic) bond motifs is 1. The number of amides is 3. The summed E-state index contributed by atoms with van der Waals surface area (Å²) in [6, 6.07) is 1.72. The Labute approximate surface area is 172 Å². The van der Waals surface area contributed by atoms with Gasteiger partial charge in [-0.15, -0.1) is 0 Å². The zero-order valence-corrected chi connectivity index (χ0v) is 17.8. The van der Waals surface area contributed by atoms with E-state index in [2.05, 4.69) is 22.7 Å². The van der Waals surface area contributed by atoms with Crippen LogP contribution in [0.3, 0.4) is 0 Å². The van der Waals surface area contributed by atoms with Crippen LogP contribution >= 0.6 is 0 Å². The summed E-state index contributed by atoms with van der Waals surface area (Å²) in [7, 11) is 0. The topological polar surface area (TPSA) is 96.3 Å². The minimum Gasteiger partial charge on any atom is -0.351 e. The molecule has 0 saturated heterocycles. The van der Waals surface area contributed by atoms with Gasteiger partial charge in [-0.05, 0) is 32.6 Å². The number of hydrogen-bond acceptors (Lipinski definition) is 4. The number of aromatic nitrogens is 2. The van der Waals surface area contributed by atoms with Crippen molar-refractivity contribution in [3.05, 3.63) is 17.5 Å². The second kappa shape index (κ2) is 8.97. The Morgan fingerprint density at radius 2 is 1.97 bits per heavy atom. The summed E-state index contributed by atoms with van der Waals surface area (Å²) >= 11 is 0. The molecule has 2 aliphatic rings. The lowest BCUT2D eigenvalue weighted by molar-refractivity contribution is -0.133.